The van der Waals surface area contributed by atoms with Crippen LogP contribution in [0.25, 0.3) is 0 Å². The summed E-state index contributed by atoms with van der Waals surface area (Å²) in [6.07, 6.45) is 0. The number of aromatic amines is 1. The molecule has 1 rings (SSSR count). The fourth-order valence-electron chi connectivity index (χ4n) is 0.531. The molecule has 0 amide bonds. The first-order valence-electron chi connectivity index (χ1n) is 3.27. The monoisotopic (exact) mass is 224 g/mol. The van der Waals surface area contributed by atoms with E-state index in [0.29, 0.717) is 5.16 Å². The highest BCUT2D eigenvalue weighted by Gasteiger charge is 2.22. The van der Waals surface area contributed by atoms with Crippen molar-refractivity contribution < 1.29 is 13.6 Å². The molecule has 0 fully saturated rings. The van der Waals surface area contributed by atoms with E-state index in [0.717, 1.165) is 11.8 Å². The first-order valence-corrected chi connectivity index (χ1v) is 5.98. The summed E-state index contributed by atoms with van der Waals surface area (Å²) >= 11 is 1.15. The van der Waals surface area contributed by atoms with Gasteiger partial charge in [-0.2, -0.15) is 5.21 Å². The van der Waals surface area contributed by atoms with Gasteiger partial charge in [0.1, 0.15) is 5.49 Å². The van der Waals surface area contributed by atoms with Gasteiger partial charge in [-0.25, -0.2) is 0 Å². The van der Waals surface area contributed by atoms with Crippen LogP contribution in [0.5, 0.6) is 0 Å². The predicted octanol–water partition coefficient (Wildman–Crippen LogP) is 0.735. The molecule has 0 aliphatic rings. The Morgan fingerprint density at radius 2 is 2.23 bits per heavy atom. The third kappa shape index (κ3) is 3.07. The number of nitrogens with zero attached hydrogens (tertiary/aromatic N) is 3. The molecule has 0 aliphatic heterocycles. The highest BCUT2D eigenvalue weighted by atomic mass is 32.2. The molecule has 1 aromatic rings. The van der Waals surface area contributed by atoms with Gasteiger partial charge in [0.05, 0.1) is 0 Å². The minimum Gasteiger partial charge on any atom is -0.311 e. The number of hydrogen-bond acceptors (Lipinski definition) is 7. The largest absolute Gasteiger partial charge is 0.340 e. The van der Waals surface area contributed by atoms with E-state index in [2.05, 4.69) is 20.6 Å². The fourth-order valence-corrected chi connectivity index (χ4v) is 2.82. The Morgan fingerprint density at radius 1 is 1.54 bits per heavy atom. The van der Waals surface area contributed by atoms with Crippen molar-refractivity contribution in [3.63, 3.8) is 0 Å². The van der Waals surface area contributed by atoms with Crippen LogP contribution in [0.15, 0.2) is 5.16 Å². The number of rotatable bonds is 5. The van der Waals surface area contributed by atoms with Crippen LogP contribution in [-0.4, -0.2) is 40.3 Å². The predicted molar refractivity (Wildman–Crippen MR) is 46.5 cm³/mol. The molecule has 0 spiro atoms. The van der Waals surface area contributed by atoms with E-state index in [1.54, 1.807) is 0 Å². The lowest BCUT2D eigenvalue weighted by molar-refractivity contribution is 0.281. The van der Waals surface area contributed by atoms with Crippen molar-refractivity contribution >= 4 is 19.4 Å². The summed E-state index contributed by atoms with van der Waals surface area (Å²) in [6.45, 7) is 0. The molecule has 1 N–H and O–H groups in total. The van der Waals surface area contributed by atoms with E-state index in [1.165, 1.54) is 14.2 Å². The second-order valence-corrected chi connectivity index (χ2v) is 5.58. The highest BCUT2D eigenvalue weighted by molar-refractivity contribution is 8.04. The summed E-state index contributed by atoms with van der Waals surface area (Å²) < 4.78 is 20.9. The molecule has 1 heterocycles. The lowest BCUT2D eigenvalue weighted by atomic mass is 11.4. The van der Waals surface area contributed by atoms with E-state index in [9.17, 15) is 4.57 Å². The van der Waals surface area contributed by atoms with Crippen molar-refractivity contribution in [3.05, 3.63) is 0 Å². The van der Waals surface area contributed by atoms with Gasteiger partial charge in [-0.05, 0) is 5.21 Å². The van der Waals surface area contributed by atoms with Crippen LogP contribution < -0.4 is 0 Å². The molecule has 0 saturated heterocycles. The van der Waals surface area contributed by atoms with Crippen LogP contribution in [0.2, 0.25) is 0 Å². The van der Waals surface area contributed by atoms with Crippen LogP contribution >= 0.6 is 19.4 Å². The molecule has 0 radical (unpaired) electrons. The zero-order valence-electron chi connectivity index (χ0n) is 7.13. The van der Waals surface area contributed by atoms with E-state index >= 15 is 0 Å². The molecule has 74 valence electrons. The molecular weight excluding hydrogens is 215 g/mol. The van der Waals surface area contributed by atoms with Gasteiger partial charge in [0.2, 0.25) is 5.16 Å². The Hall–Kier alpha value is -0.430. The van der Waals surface area contributed by atoms with Gasteiger partial charge in [-0.15, -0.1) is 10.2 Å². The molecule has 13 heavy (non-hydrogen) atoms. The first kappa shape index (κ1) is 10.6. The number of tetrazole rings is 1. The lowest BCUT2D eigenvalue weighted by Gasteiger charge is -2.10. The van der Waals surface area contributed by atoms with Gasteiger partial charge >= 0.3 is 7.60 Å². The summed E-state index contributed by atoms with van der Waals surface area (Å²) in [5.74, 6) is 0. The number of thioether (sulfide) groups is 1. The van der Waals surface area contributed by atoms with E-state index in [-0.39, 0.29) is 5.49 Å². The zero-order chi connectivity index (χ0) is 9.73. The molecule has 0 aromatic carbocycles. The van der Waals surface area contributed by atoms with Gasteiger partial charge in [0, 0.05) is 14.2 Å². The topological polar surface area (TPSA) is 90.0 Å². The second-order valence-electron chi connectivity index (χ2n) is 1.94. The maximum atomic E-state index is 11.5. The summed E-state index contributed by atoms with van der Waals surface area (Å²) in [5.41, 5.74) is 0.166. The van der Waals surface area contributed by atoms with Crippen molar-refractivity contribution in [2.24, 2.45) is 0 Å². The van der Waals surface area contributed by atoms with Crippen molar-refractivity contribution in [3.8, 4) is 0 Å². The molecular formula is C4H9N4O3PS. The van der Waals surface area contributed by atoms with E-state index in [4.69, 9.17) is 9.05 Å². The number of nitrogens with one attached hydrogen (secondary N) is 1. The van der Waals surface area contributed by atoms with Gasteiger partial charge in [0.15, 0.2) is 0 Å². The maximum absolute atomic E-state index is 11.5. The lowest BCUT2D eigenvalue weighted by Crippen LogP contribution is -1.91. The Labute approximate surface area is 79.1 Å². The molecule has 0 aliphatic carbocycles. The standard InChI is InChI=1S/C4H9N4O3PS/c1-10-12(9,11-2)3-13-4-5-7-8-6-4/h3H2,1-2H3,(H,5,6,7,8). The molecule has 0 bridgehead atoms. The van der Waals surface area contributed by atoms with Crippen LogP contribution in [-0.2, 0) is 13.6 Å². The minimum atomic E-state index is -2.98. The van der Waals surface area contributed by atoms with Crippen LogP contribution in [0, 0.1) is 0 Å². The van der Waals surface area contributed by atoms with Crippen LogP contribution in [0.4, 0.5) is 0 Å². The second kappa shape index (κ2) is 4.71. The molecule has 9 heteroatoms. The maximum Gasteiger partial charge on any atom is 0.340 e. The summed E-state index contributed by atoms with van der Waals surface area (Å²) in [7, 11) is -0.312. The van der Waals surface area contributed by atoms with Crippen molar-refractivity contribution in [1.29, 1.82) is 0 Å². The first-order chi connectivity index (χ1) is 6.20. The number of H-pyrrole nitrogens is 1. The number of hydrogen-bond donors (Lipinski definition) is 1. The summed E-state index contributed by atoms with van der Waals surface area (Å²) in [4.78, 5) is 0. The zero-order valence-corrected chi connectivity index (χ0v) is 8.84. The quantitative estimate of drug-likeness (QED) is 0.582. The Kier molecular flexibility index (Phi) is 3.86. The minimum absolute atomic E-state index is 0.166. The molecule has 7 nitrogen and oxygen atoms in total. The van der Waals surface area contributed by atoms with Gasteiger partial charge < -0.3 is 9.05 Å². The van der Waals surface area contributed by atoms with Crippen LogP contribution in [0.3, 0.4) is 0 Å². The van der Waals surface area contributed by atoms with E-state index in [1.807, 2.05) is 0 Å². The Balaban J connectivity index is 2.46. The number of aromatic nitrogens is 4. The third-order valence-corrected chi connectivity index (χ3v) is 4.56. The van der Waals surface area contributed by atoms with Crippen LogP contribution in [0.1, 0.15) is 0 Å². The normalized spacial score (nSPS) is 11.8. The SMILES string of the molecule is COP(=O)(CSc1nn[nH]n1)OC. The highest BCUT2D eigenvalue weighted by Crippen LogP contribution is 2.49. The average molecular weight is 224 g/mol. The van der Waals surface area contributed by atoms with Gasteiger partial charge in [-0.1, -0.05) is 11.8 Å². The smallest absolute Gasteiger partial charge is 0.311 e. The summed E-state index contributed by atoms with van der Waals surface area (Å²) in [5, 5.41) is 13.4. The van der Waals surface area contributed by atoms with Gasteiger partial charge in [-0.3, -0.25) is 4.57 Å². The molecule has 0 saturated carbocycles. The average Bonchev–Trinajstić information content (AvgIpc) is 2.67. The van der Waals surface area contributed by atoms with E-state index < -0.39 is 7.60 Å². The van der Waals surface area contributed by atoms with Crippen molar-refractivity contribution in [2.45, 2.75) is 5.16 Å². The summed E-state index contributed by atoms with van der Waals surface area (Å²) in [6, 6.07) is 0. The molecule has 1 aromatic heterocycles. The Bertz CT molecular complexity index is 284. The van der Waals surface area contributed by atoms with Gasteiger partial charge in [0.25, 0.3) is 0 Å². The fraction of sp³-hybridized carbons (Fsp3) is 0.750. The van der Waals surface area contributed by atoms with Crippen molar-refractivity contribution in [2.75, 3.05) is 19.7 Å². The molecule has 0 unspecified atom stereocenters. The molecule has 0 atom stereocenters. The third-order valence-electron chi connectivity index (χ3n) is 1.23. The Morgan fingerprint density at radius 3 is 2.69 bits per heavy atom. The van der Waals surface area contributed by atoms with Crippen molar-refractivity contribution in [1.82, 2.24) is 20.6 Å².